The molecule has 2 aromatic heterocycles. The van der Waals surface area contributed by atoms with E-state index in [2.05, 4.69) is 20.4 Å². The smallest absolute Gasteiger partial charge is 0.164 e. The zero-order chi connectivity index (χ0) is 13.6. The number of aryl methyl sites for hydroxylation is 2. The molecule has 1 fully saturated rings. The Balaban J connectivity index is 2.18. The number of nitrogens with one attached hydrogen (secondary N) is 1. The molecule has 0 radical (unpaired) electrons. The number of nitrogens with zero attached hydrogens (tertiary/aromatic N) is 5. The lowest BCUT2D eigenvalue weighted by Gasteiger charge is -2.12. The number of hydrogen-bond acceptors (Lipinski definition) is 5. The molecule has 0 aromatic carbocycles. The summed E-state index contributed by atoms with van der Waals surface area (Å²) in [6.07, 6.45) is 2.36. The van der Waals surface area contributed by atoms with E-state index in [-0.39, 0.29) is 0 Å². The standard InChI is InChI=1S/C13H18N6/c1-7-11(14-4)16-12(10-5-6-10)17-13(7)19-9(3)15-8(2)18-19/h10H,5-6H2,1-4H3,(H,14,16,17). The summed E-state index contributed by atoms with van der Waals surface area (Å²) < 4.78 is 1.80. The van der Waals surface area contributed by atoms with Crippen molar-refractivity contribution in [3.05, 3.63) is 23.0 Å². The lowest BCUT2D eigenvalue weighted by molar-refractivity contribution is 0.771. The molecule has 0 unspecified atom stereocenters. The highest BCUT2D eigenvalue weighted by Gasteiger charge is 2.28. The fourth-order valence-electron chi connectivity index (χ4n) is 2.22. The molecular formula is C13H18N6. The van der Waals surface area contributed by atoms with Crippen molar-refractivity contribution in [1.82, 2.24) is 24.7 Å². The zero-order valence-corrected chi connectivity index (χ0v) is 11.7. The van der Waals surface area contributed by atoms with Gasteiger partial charge in [0.05, 0.1) is 0 Å². The van der Waals surface area contributed by atoms with Crippen LogP contribution in [0, 0.1) is 20.8 Å². The van der Waals surface area contributed by atoms with Crippen LogP contribution in [-0.2, 0) is 0 Å². The Morgan fingerprint density at radius 2 is 1.84 bits per heavy atom. The van der Waals surface area contributed by atoms with Gasteiger partial charge in [0, 0.05) is 18.5 Å². The van der Waals surface area contributed by atoms with Gasteiger partial charge in [-0.3, -0.25) is 0 Å². The highest BCUT2D eigenvalue weighted by molar-refractivity contribution is 5.51. The minimum atomic E-state index is 0.511. The van der Waals surface area contributed by atoms with Gasteiger partial charge in [-0.25, -0.2) is 15.0 Å². The Morgan fingerprint density at radius 1 is 1.11 bits per heavy atom. The minimum absolute atomic E-state index is 0.511. The van der Waals surface area contributed by atoms with Crippen LogP contribution in [0.15, 0.2) is 0 Å². The average molecular weight is 258 g/mol. The third-order valence-electron chi connectivity index (χ3n) is 3.39. The van der Waals surface area contributed by atoms with Gasteiger partial charge in [-0.2, -0.15) is 4.68 Å². The molecule has 1 saturated carbocycles. The van der Waals surface area contributed by atoms with Gasteiger partial charge in [-0.1, -0.05) is 0 Å². The molecule has 6 heteroatoms. The largest absolute Gasteiger partial charge is 0.373 e. The lowest BCUT2D eigenvalue weighted by Crippen LogP contribution is -2.11. The Hall–Kier alpha value is -1.98. The maximum Gasteiger partial charge on any atom is 0.164 e. The first kappa shape index (κ1) is 12.1. The second kappa shape index (κ2) is 4.29. The Morgan fingerprint density at radius 3 is 2.37 bits per heavy atom. The molecule has 0 saturated heterocycles. The van der Waals surface area contributed by atoms with E-state index >= 15 is 0 Å². The van der Waals surface area contributed by atoms with Gasteiger partial charge in [0.15, 0.2) is 5.82 Å². The van der Waals surface area contributed by atoms with Gasteiger partial charge in [-0.15, -0.1) is 5.10 Å². The Bertz CT molecular complexity index is 626. The summed E-state index contributed by atoms with van der Waals surface area (Å²) in [6, 6.07) is 0. The van der Waals surface area contributed by atoms with E-state index in [0.29, 0.717) is 5.92 Å². The normalized spacial score (nSPS) is 14.7. The van der Waals surface area contributed by atoms with Crippen molar-refractivity contribution in [3.63, 3.8) is 0 Å². The summed E-state index contributed by atoms with van der Waals surface area (Å²) in [6.45, 7) is 5.84. The summed E-state index contributed by atoms with van der Waals surface area (Å²) in [5, 5.41) is 7.57. The van der Waals surface area contributed by atoms with E-state index < -0.39 is 0 Å². The van der Waals surface area contributed by atoms with Gasteiger partial charge in [0.2, 0.25) is 0 Å². The molecule has 19 heavy (non-hydrogen) atoms. The maximum atomic E-state index is 4.70. The van der Waals surface area contributed by atoms with Crippen molar-refractivity contribution in [2.24, 2.45) is 0 Å². The molecule has 1 N–H and O–H groups in total. The molecule has 6 nitrogen and oxygen atoms in total. The number of anilines is 1. The molecule has 2 heterocycles. The van der Waals surface area contributed by atoms with Crippen molar-refractivity contribution < 1.29 is 0 Å². The molecule has 0 spiro atoms. The Kier molecular flexibility index (Phi) is 2.73. The third kappa shape index (κ3) is 2.07. The van der Waals surface area contributed by atoms with E-state index in [4.69, 9.17) is 4.98 Å². The summed E-state index contributed by atoms with van der Waals surface area (Å²) in [5.74, 6) is 4.74. The molecule has 1 aliphatic carbocycles. The molecule has 0 atom stereocenters. The summed E-state index contributed by atoms with van der Waals surface area (Å²) in [7, 11) is 1.88. The molecule has 100 valence electrons. The van der Waals surface area contributed by atoms with E-state index in [9.17, 15) is 0 Å². The summed E-state index contributed by atoms with van der Waals surface area (Å²) >= 11 is 0. The molecule has 0 amide bonds. The van der Waals surface area contributed by atoms with E-state index in [1.807, 2.05) is 27.8 Å². The van der Waals surface area contributed by atoms with E-state index in [1.54, 1.807) is 4.68 Å². The molecule has 0 aliphatic heterocycles. The minimum Gasteiger partial charge on any atom is -0.373 e. The fourth-order valence-corrected chi connectivity index (χ4v) is 2.22. The van der Waals surface area contributed by atoms with Crippen molar-refractivity contribution in [1.29, 1.82) is 0 Å². The lowest BCUT2D eigenvalue weighted by atomic mass is 10.2. The zero-order valence-electron chi connectivity index (χ0n) is 11.7. The average Bonchev–Trinajstić information content (AvgIpc) is 3.16. The number of aromatic nitrogens is 5. The van der Waals surface area contributed by atoms with Crippen molar-refractivity contribution >= 4 is 5.82 Å². The van der Waals surface area contributed by atoms with Crippen LogP contribution in [0.4, 0.5) is 5.82 Å². The predicted octanol–water partition coefficient (Wildman–Crippen LogP) is 1.90. The quantitative estimate of drug-likeness (QED) is 0.910. The van der Waals surface area contributed by atoms with E-state index in [1.165, 1.54) is 12.8 Å². The topological polar surface area (TPSA) is 68.5 Å². The highest BCUT2D eigenvalue weighted by Crippen LogP contribution is 2.39. The van der Waals surface area contributed by atoms with Crippen molar-refractivity contribution in [2.45, 2.75) is 39.5 Å². The molecule has 1 aliphatic rings. The van der Waals surface area contributed by atoms with Gasteiger partial charge in [0.1, 0.15) is 23.3 Å². The van der Waals surface area contributed by atoms with Crippen LogP contribution in [0.1, 0.15) is 41.8 Å². The fraction of sp³-hybridized carbons (Fsp3) is 0.538. The van der Waals surface area contributed by atoms with Crippen LogP contribution in [0.2, 0.25) is 0 Å². The summed E-state index contributed by atoms with van der Waals surface area (Å²) in [4.78, 5) is 13.6. The van der Waals surface area contributed by atoms with Crippen LogP contribution in [0.5, 0.6) is 0 Å². The maximum absolute atomic E-state index is 4.70. The van der Waals surface area contributed by atoms with Crippen molar-refractivity contribution in [3.8, 4) is 5.82 Å². The number of hydrogen-bond donors (Lipinski definition) is 1. The molecule has 2 aromatic rings. The Labute approximate surface area is 112 Å². The van der Waals surface area contributed by atoms with Gasteiger partial charge in [-0.05, 0) is 33.6 Å². The van der Waals surface area contributed by atoms with Crippen LogP contribution < -0.4 is 5.32 Å². The SMILES string of the molecule is CNc1nc(C2CC2)nc(-n2nc(C)nc2C)c1C. The first-order valence-corrected chi connectivity index (χ1v) is 6.57. The third-order valence-corrected chi connectivity index (χ3v) is 3.39. The second-order valence-electron chi connectivity index (χ2n) is 5.02. The first-order valence-electron chi connectivity index (χ1n) is 6.57. The van der Waals surface area contributed by atoms with Gasteiger partial charge in [0.25, 0.3) is 0 Å². The van der Waals surface area contributed by atoms with Crippen molar-refractivity contribution in [2.75, 3.05) is 12.4 Å². The monoisotopic (exact) mass is 258 g/mol. The second-order valence-corrected chi connectivity index (χ2v) is 5.02. The molecule has 3 rings (SSSR count). The van der Waals surface area contributed by atoms with Crippen LogP contribution in [-0.4, -0.2) is 31.8 Å². The van der Waals surface area contributed by atoms with Gasteiger partial charge < -0.3 is 5.32 Å². The van der Waals surface area contributed by atoms with Gasteiger partial charge >= 0.3 is 0 Å². The predicted molar refractivity (Wildman–Crippen MR) is 72.7 cm³/mol. The highest BCUT2D eigenvalue weighted by atomic mass is 15.4. The molecule has 0 bridgehead atoms. The van der Waals surface area contributed by atoms with Crippen LogP contribution in [0.3, 0.4) is 0 Å². The number of rotatable bonds is 3. The summed E-state index contributed by atoms with van der Waals surface area (Å²) in [5.41, 5.74) is 1.000. The molecular weight excluding hydrogens is 240 g/mol. The first-order chi connectivity index (χ1) is 9.10. The van der Waals surface area contributed by atoms with E-state index in [0.717, 1.165) is 34.7 Å². The van der Waals surface area contributed by atoms with Crippen LogP contribution in [0.25, 0.3) is 5.82 Å². The van der Waals surface area contributed by atoms with Crippen LogP contribution >= 0.6 is 0 Å².